The summed E-state index contributed by atoms with van der Waals surface area (Å²) in [7, 11) is -2.91. The van der Waals surface area contributed by atoms with Crippen molar-refractivity contribution in [3.8, 4) is 10.4 Å². The van der Waals surface area contributed by atoms with Crippen LogP contribution in [0.3, 0.4) is 0 Å². The summed E-state index contributed by atoms with van der Waals surface area (Å²) in [4.78, 5) is 24.8. The Morgan fingerprint density at radius 2 is 2.03 bits per heavy atom. The van der Waals surface area contributed by atoms with E-state index in [1.54, 1.807) is 42.5 Å². The molecule has 1 fully saturated rings. The minimum atomic E-state index is -2.91. The Hall–Kier alpha value is -3.06. The molecule has 0 saturated carbocycles. The molecule has 1 aliphatic rings. The zero-order valence-corrected chi connectivity index (χ0v) is 22.6. The molecular weight excluding hydrogens is 512 g/mol. The Kier molecular flexibility index (Phi) is 9.45. The predicted octanol–water partition coefficient (Wildman–Crippen LogP) is 4.70. The van der Waals surface area contributed by atoms with Gasteiger partial charge in [-0.2, -0.15) is 4.98 Å². The SMILES string of the molecule is CCOC(=O)N=S(C)(=O)c1ccc(Nc2ncc(-c3cccs3)c(NCCCN3CCOCC3)n2)cc1. The second kappa shape index (κ2) is 13.0. The Balaban J connectivity index is 1.45. The third-order valence-corrected chi connectivity index (χ3v) is 8.23. The van der Waals surface area contributed by atoms with Crippen molar-refractivity contribution >= 4 is 44.6 Å². The summed E-state index contributed by atoms with van der Waals surface area (Å²) in [6.45, 7) is 7.20. The molecule has 3 heterocycles. The van der Waals surface area contributed by atoms with E-state index >= 15 is 0 Å². The highest BCUT2D eigenvalue weighted by atomic mass is 32.2. The third kappa shape index (κ3) is 7.71. The second-order valence-corrected chi connectivity index (χ2v) is 11.6. The summed E-state index contributed by atoms with van der Waals surface area (Å²) in [6.07, 6.45) is 3.39. The van der Waals surface area contributed by atoms with Crippen molar-refractivity contribution in [3.05, 3.63) is 48.0 Å². The maximum absolute atomic E-state index is 12.8. The third-order valence-electron chi connectivity index (χ3n) is 5.69. The molecule has 3 aromatic rings. The summed E-state index contributed by atoms with van der Waals surface area (Å²) in [5, 5.41) is 8.72. The first kappa shape index (κ1) is 27.0. The number of anilines is 3. The second-order valence-electron chi connectivity index (χ2n) is 8.41. The van der Waals surface area contributed by atoms with Gasteiger partial charge in [0.05, 0.1) is 35.1 Å². The summed E-state index contributed by atoms with van der Waals surface area (Å²) in [5.74, 6) is 1.21. The van der Waals surface area contributed by atoms with Gasteiger partial charge in [0.2, 0.25) is 5.95 Å². The maximum Gasteiger partial charge on any atom is 0.442 e. The van der Waals surface area contributed by atoms with Crippen LogP contribution >= 0.6 is 11.3 Å². The molecule has 198 valence electrons. The van der Waals surface area contributed by atoms with Crippen LogP contribution in [0.2, 0.25) is 0 Å². The monoisotopic (exact) mass is 544 g/mol. The Bertz CT molecular complexity index is 1290. The number of ether oxygens (including phenoxy) is 2. The number of nitrogens with zero attached hydrogens (tertiary/aromatic N) is 4. The van der Waals surface area contributed by atoms with Crippen LogP contribution < -0.4 is 10.6 Å². The molecule has 1 aromatic carbocycles. The van der Waals surface area contributed by atoms with E-state index in [1.807, 2.05) is 17.6 Å². The van der Waals surface area contributed by atoms with E-state index in [0.29, 0.717) is 10.8 Å². The first-order valence-electron chi connectivity index (χ1n) is 12.2. The average Bonchev–Trinajstić information content (AvgIpc) is 3.42. The van der Waals surface area contributed by atoms with Crippen molar-refractivity contribution in [1.29, 1.82) is 0 Å². The number of hydrogen-bond acceptors (Lipinski definition) is 10. The highest BCUT2D eigenvalue weighted by molar-refractivity contribution is 7.93. The molecule has 2 N–H and O–H groups in total. The summed E-state index contributed by atoms with van der Waals surface area (Å²) in [5.41, 5.74) is 1.67. The van der Waals surface area contributed by atoms with E-state index in [9.17, 15) is 9.00 Å². The van der Waals surface area contributed by atoms with Crippen LogP contribution in [0, 0.1) is 0 Å². The van der Waals surface area contributed by atoms with E-state index in [-0.39, 0.29) is 6.61 Å². The van der Waals surface area contributed by atoms with Crippen LogP contribution in [0.15, 0.2) is 57.2 Å². The zero-order chi connectivity index (χ0) is 26.1. The maximum atomic E-state index is 12.8. The van der Waals surface area contributed by atoms with Gasteiger partial charge in [-0.15, -0.1) is 15.7 Å². The van der Waals surface area contributed by atoms with Gasteiger partial charge in [0.25, 0.3) is 0 Å². The molecule has 1 amide bonds. The number of morpholine rings is 1. The fourth-order valence-corrected chi connectivity index (χ4v) is 5.61. The molecule has 12 heteroatoms. The number of aromatic nitrogens is 2. The van der Waals surface area contributed by atoms with Crippen LogP contribution in [0.5, 0.6) is 0 Å². The van der Waals surface area contributed by atoms with Crippen molar-refractivity contribution < 1.29 is 18.5 Å². The lowest BCUT2D eigenvalue weighted by molar-refractivity contribution is 0.0378. The standard InChI is InChI=1S/C25H32N6O4S2/c1-3-35-25(32)30-37(2,33)20-9-7-19(8-10-20)28-24-27-18-21(22-6-4-17-36-22)23(29-24)26-11-5-12-31-13-15-34-16-14-31/h4,6-10,17-18H,3,5,11-16H2,1-2H3,(H2,26,27,28,29). The quantitative estimate of drug-likeness (QED) is 0.350. The first-order chi connectivity index (χ1) is 17.9. The molecule has 0 radical (unpaired) electrons. The van der Waals surface area contributed by atoms with E-state index in [2.05, 4.69) is 30.9 Å². The molecule has 1 atom stereocenters. The van der Waals surface area contributed by atoms with Crippen molar-refractivity contribution in [2.45, 2.75) is 18.2 Å². The molecule has 37 heavy (non-hydrogen) atoms. The number of thiophene rings is 1. The largest absolute Gasteiger partial charge is 0.448 e. The number of rotatable bonds is 10. The fraction of sp³-hybridized carbons (Fsp3) is 0.400. The molecule has 1 saturated heterocycles. The van der Waals surface area contributed by atoms with Gasteiger partial charge in [0.1, 0.15) is 5.82 Å². The Labute approximate surface area is 221 Å². The number of hydrogen-bond donors (Lipinski definition) is 2. The van der Waals surface area contributed by atoms with E-state index < -0.39 is 15.8 Å². The van der Waals surface area contributed by atoms with E-state index in [4.69, 9.17) is 14.5 Å². The van der Waals surface area contributed by atoms with Crippen molar-refractivity contribution in [3.63, 3.8) is 0 Å². The molecule has 1 aliphatic heterocycles. The number of nitrogens with one attached hydrogen (secondary N) is 2. The first-order valence-corrected chi connectivity index (χ1v) is 15.0. The fourth-order valence-electron chi connectivity index (χ4n) is 3.79. The average molecular weight is 545 g/mol. The molecule has 1 unspecified atom stereocenters. The van der Waals surface area contributed by atoms with E-state index in [1.165, 1.54) is 6.26 Å². The summed E-state index contributed by atoms with van der Waals surface area (Å²) in [6, 6.07) is 10.9. The van der Waals surface area contributed by atoms with Crippen molar-refractivity contribution in [2.75, 3.05) is 62.9 Å². The minimum absolute atomic E-state index is 0.177. The van der Waals surface area contributed by atoms with Gasteiger partial charge in [-0.25, -0.2) is 14.0 Å². The lowest BCUT2D eigenvalue weighted by atomic mass is 10.2. The van der Waals surface area contributed by atoms with E-state index in [0.717, 1.165) is 67.8 Å². The van der Waals surface area contributed by atoms with Crippen LogP contribution in [-0.2, 0) is 19.2 Å². The zero-order valence-electron chi connectivity index (χ0n) is 21.0. The molecule has 4 rings (SSSR count). The molecule has 0 spiro atoms. The van der Waals surface area contributed by atoms with Crippen molar-refractivity contribution in [2.24, 2.45) is 4.36 Å². The highest BCUT2D eigenvalue weighted by Crippen LogP contribution is 2.31. The minimum Gasteiger partial charge on any atom is -0.448 e. The number of amides is 1. The topological polar surface area (TPSA) is 118 Å². The van der Waals surface area contributed by atoms with Gasteiger partial charge < -0.3 is 20.1 Å². The smallest absolute Gasteiger partial charge is 0.442 e. The van der Waals surface area contributed by atoms with Gasteiger partial charge in [-0.3, -0.25) is 4.90 Å². The lowest BCUT2D eigenvalue weighted by Gasteiger charge is -2.26. The molecule has 0 aliphatic carbocycles. The molecule has 2 aromatic heterocycles. The van der Waals surface area contributed by atoms with Crippen molar-refractivity contribution in [1.82, 2.24) is 14.9 Å². The van der Waals surface area contributed by atoms with Crippen LogP contribution in [0.1, 0.15) is 13.3 Å². The number of benzene rings is 1. The van der Waals surface area contributed by atoms with Gasteiger partial charge >= 0.3 is 6.09 Å². The molecule has 10 nitrogen and oxygen atoms in total. The van der Waals surface area contributed by atoms with Gasteiger partial charge in [0.15, 0.2) is 0 Å². The van der Waals surface area contributed by atoms with Crippen LogP contribution in [0.4, 0.5) is 22.2 Å². The molecule has 0 bridgehead atoms. The van der Waals surface area contributed by atoms with Gasteiger partial charge in [0, 0.05) is 47.5 Å². The molecular formula is C25H32N6O4S2. The Morgan fingerprint density at radius 1 is 1.24 bits per heavy atom. The van der Waals surface area contributed by atoms with Crippen LogP contribution in [0.25, 0.3) is 10.4 Å². The summed E-state index contributed by atoms with van der Waals surface area (Å²) >= 11 is 1.64. The Morgan fingerprint density at radius 3 is 2.73 bits per heavy atom. The highest BCUT2D eigenvalue weighted by Gasteiger charge is 2.14. The number of carbonyl (C=O) groups excluding carboxylic acids is 1. The predicted molar refractivity (Wildman–Crippen MR) is 147 cm³/mol. The number of carbonyl (C=O) groups is 1. The van der Waals surface area contributed by atoms with Crippen LogP contribution in [-0.4, -0.2) is 77.4 Å². The summed E-state index contributed by atoms with van der Waals surface area (Å²) < 4.78 is 26.7. The lowest BCUT2D eigenvalue weighted by Crippen LogP contribution is -2.37. The normalized spacial score (nSPS) is 15.5. The van der Waals surface area contributed by atoms with Gasteiger partial charge in [-0.05, 0) is 55.6 Å². The van der Waals surface area contributed by atoms with Gasteiger partial charge in [-0.1, -0.05) is 6.07 Å².